The van der Waals surface area contributed by atoms with Crippen LogP contribution in [0.4, 0.5) is 0 Å². The zero-order valence-electron chi connectivity index (χ0n) is 20.2. The molecule has 2 atom stereocenters. The number of ether oxygens (including phenoxy) is 3. The van der Waals surface area contributed by atoms with Crippen LogP contribution in [0.2, 0.25) is 10.0 Å². The Balaban J connectivity index is 1.66. The maximum atomic E-state index is 12.7. The minimum Gasteiger partial charge on any atom is -0.484 e. The second kappa shape index (κ2) is 12.7. The number of sulfonamides is 1. The van der Waals surface area contributed by atoms with E-state index in [2.05, 4.69) is 9.62 Å². The maximum Gasteiger partial charge on any atom is 0.240 e. The van der Waals surface area contributed by atoms with Crippen LogP contribution in [0.15, 0.2) is 35.2 Å². The molecule has 3 rings (SSSR count). The molecule has 2 aromatic rings. The van der Waals surface area contributed by atoms with Crippen LogP contribution < -0.4 is 15.2 Å². The van der Waals surface area contributed by atoms with Gasteiger partial charge in [-0.15, -0.1) is 0 Å². The highest BCUT2D eigenvalue weighted by molar-refractivity contribution is 7.89. The number of benzene rings is 2. The summed E-state index contributed by atoms with van der Waals surface area (Å²) in [7, 11) is 0.298. The Morgan fingerprint density at radius 3 is 2.46 bits per heavy atom. The molecule has 0 spiro atoms. The number of likely N-dealkylation sites (N-methyl/N-ethyl adjacent to an activating group) is 1. The molecule has 0 saturated heterocycles. The average Bonchev–Trinajstić information content (AvgIpc) is 3.15. The quantitative estimate of drug-likeness (QED) is 0.372. The average molecular weight is 547 g/mol. The fraction of sp³-hybridized carbons (Fsp3) is 0.500. The molecule has 0 aliphatic heterocycles. The van der Waals surface area contributed by atoms with Gasteiger partial charge < -0.3 is 24.8 Å². The summed E-state index contributed by atoms with van der Waals surface area (Å²) in [4.78, 5) is 2.26. The fourth-order valence-corrected chi connectivity index (χ4v) is 5.69. The third-order valence-corrected chi connectivity index (χ3v) is 7.82. The van der Waals surface area contributed by atoms with Gasteiger partial charge in [0.05, 0.1) is 37.4 Å². The smallest absolute Gasteiger partial charge is 0.240 e. The largest absolute Gasteiger partial charge is 0.484 e. The summed E-state index contributed by atoms with van der Waals surface area (Å²) >= 11 is 12.7. The van der Waals surface area contributed by atoms with E-state index in [9.17, 15) is 8.42 Å². The molecular formula is C24H33Cl2N3O5S. The monoisotopic (exact) mass is 545 g/mol. The lowest BCUT2D eigenvalue weighted by Crippen LogP contribution is -2.34. The summed E-state index contributed by atoms with van der Waals surface area (Å²) in [5.41, 5.74) is 8.02. The Morgan fingerprint density at radius 2 is 1.80 bits per heavy atom. The molecule has 0 bridgehead atoms. The first-order valence-corrected chi connectivity index (χ1v) is 13.6. The van der Waals surface area contributed by atoms with Gasteiger partial charge in [0.25, 0.3) is 0 Å². The third kappa shape index (κ3) is 7.30. The first kappa shape index (κ1) is 28.1. The van der Waals surface area contributed by atoms with Gasteiger partial charge in [0, 0.05) is 28.7 Å². The molecule has 0 aromatic heterocycles. The summed E-state index contributed by atoms with van der Waals surface area (Å²) in [6.45, 7) is 3.94. The second-order valence-corrected chi connectivity index (χ2v) is 11.2. The van der Waals surface area contributed by atoms with Crippen LogP contribution in [0, 0.1) is 6.92 Å². The van der Waals surface area contributed by atoms with Gasteiger partial charge in [-0.3, -0.25) is 0 Å². The van der Waals surface area contributed by atoms with Crippen molar-refractivity contribution in [1.29, 1.82) is 0 Å². The molecule has 3 N–H and O–H groups in total. The van der Waals surface area contributed by atoms with E-state index in [0.717, 1.165) is 17.5 Å². The number of hydrogen-bond acceptors (Lipinski definition) is 7. The molecule has 1 aliphatic carbocycles. The minimum absolute atomic E-state index is 0.0612. The van der Waals surface area contributed by atoms with Crippen LogP contribution in [0.25, 0.3) is 0 Å². The van der Waals surface area contributed by atoms with Crippen molar-refractivity contribution in [1.82, 2.24) is 9.62 Å². The molecule has 11 heteroatoms. The van der Waals surface area contributed by atoms with E-state index in [-0.39, 0.29) is 30.2 Å². The number of hydrogen-bond donors (Lipinski definition) is 2. The lowest BCUT2D eigenvalue weighted by molar-refractivity contribution is 0.0530. The Morgan fingerprint density at radius 1 is 1.09 bits per heavy atom. The molecule has 194 valence electrons. The molecule has 0 radical (unpaired) electrons. The van der Waals surface area contributed by atoms with Gasteiger partial charge in [-0.1, -0.05) is 23.2 Å². The van der Waals surface area contributed by atoms with E-state index in [1.54, 1.807) is 18.2 Å². The summed E-state index contributed by atoms with van der Waals surface area (Å²) in [6.07, 6.45) is 0.445. The lowest BCUT2D eigenvalue weighted by Gasteiger charge is -2.28. The highest BCUT2D eigenvalue weighted by Gasteiger charge is 2.37. The lowest BCUT2D eigenvalue weighted by atomic mass is 10.1. The van der Waals surface area contributed by atoms with Crippen molar-refractivity contribution in [2.75, 3.05) is 53.6 Å². The first-order valence-electron chi connectivity index (χ1n) is 11.4. The molecule has 0 saturated carbocycles. The van der Waals surface area contributed by atoms with Gasteiger partial charge in [-0.25, -0.2) is 13.1 Å². The summed E-state index contributed by atoms with van der Waals surface area (Å²) in [5, 5.41) is 1.18. The third-order valence-electron chi connectivity index (χ3n) is 5.81. The highest BCUT2D eigenvalue weighted by Crippen LogP contribution is 2.42. The van der Waals surface area contributed by atoms with Crippen molar-refractivity contribution < 1.29 is 22.6 Å². The van der Waals surface area contributed by atoms with Crippen molar-refractivity contribution in [3.05, 3.63) is 57.1 Å². The normalized spacial score (nSPS) is 17.7. The highest BCUT2D eigenvalue weighted by atomic mass is 35.5. The first-order chi connectivity index (χ1) is 16.6. The van der Waals surface area contributed by atoms with Crippen LogP contribution in [0.3, 0.4) is 0 Å². The van der Waals surface area contributed by atoms with Crippen molar-refractivity contribution >= 4 is 33.2 Å². The van der Waals surface area contributed by atoms with Crippen molar-refractivity contribution in [3.8, 4) is 5.75 Å². The van der Waals surface area contributed by atoms with Crippen LogP contribution in [0.5, 0.6) is 5.75 Å². The molecule has 0 amide bonds. The Hall–Kier alpha value is -1.43. The second-order valence-electron chi connectivity index (χ2n) is 8.57. The Labute approximate surface area is 217 Å². The number of nitrogens with two attached hydrogens (primary N) is 1. The molecule has 0 unspecified atom stereocenters. The number of aryl methyl sites for hydroxylation is 1. The number of halogens is 2. The van der Waals surface area contributed by atoms with Gasteiger partial charge in [-0.05, 0) is 68.9 Å². The number of nitrogens with one attached hydrogen (secondary N) is 1. The number of fused-ring (bicyclic) bond motifs is 1. The van der Waals surface area contributed by atoms with E-state index < -0.39 is 10.0 Å². The maximum absolute atomic E-state index is 12.7. The van der Waals surface area contributed by atoms with Crippen molar-refractivity contribution in [3.63, 3.8) is 0 Å². The summed E-state index contributed by atoms with van der Waals surface area (Å²) < 4.78 is 45.0. The Kier molecular flexibility index (Phi) is 10.2. The van der Waals surface area contributed by atoms with E-state index >= 15 is 0 Å². The minimum atomic E-state index is -3.69. The zero-order valence-corrected chi connectivity index (χ0v) is 22.5. The van der Waals surface area contributed by atoms with Crippen molar-refractivity contribution in [2.24, 2.45) is 5.73 Å². The van der Waals surface area contributed by atoms with E-state index in [0.29, 0.717) is 47.7 Å². The van der Waals surface area contributed by atoms with Crippen LogP contribution >= 0.6 is 23.2 Å². The van der Waals surface area contributed by atoms with Crippen LogP contribution in [-0.4, -0.2) is 73.0 Å². The van der Waals surface area contributed by atoms with Gasteiger partial charge in [0.15, 0.2) is 0 Å². The van der Waals surface area contributed by atoms with Crippen molar-refractivity contribution in [2.45, 2.75) is 30.4 Å². The predicted octanol–water partition coefficient (Wildman–Crippen LogP) is 3.18. The van der Waals surface area contributed by atoms with E-state index in [1.165, 1.54) is 6.07 Å². The van der Waals surface area contributed by atoms with Gasteiger partial charge >= 0.3 is 0 Å². The summed E-state index contributed by atoms with van der Waals surface area (Å²) in [6, 6.07) is 8.53. The SMILES string of the molecule is Cc1cc(S(=O)(=O)NCCOCCOCCN)ccc1O[C@H]1c2cc(Cl)cc(Cl)c2C[C@@H]1N(C)C. The molecule has 2 aromatic carbocycles. The topological polar surface area (TPSA) is 103 Å². The van der Waals surface area contributed by atoms with E-state index in [1.807, 2.05) is 27.1 Å². The zero-order chi connectivity index (χ0) is 25.6. The summed E-state index contributed by atoms with van der Waals surface area (Å²) in [5.74, 6) is 0.602. The van der Waals surface area contributed by atoms with Crippen LogP contribution in [0.1, 0.15) is 22.8 Å². The number of rotatable bonds is 13. The Bertz CT molecular complexity index is 1110. The molecular weight excluding hydrogens is 513 g/mol. The predicted molar refractivity (Wildman–Crippen MR) is 138 cm³/mol. The molecule has 1 aliphatic rings. The molecule has 8 nitrogen and oxygen atoms in total. The standard InChI is InChI=1S/C24H33Cl2N3O5S/c1-16-12-18(35(30,31)28-7-9-33-11-10-32-8-6-27)4-5-23(16)34-24-20-13-17(25)14-21(26)19(20)15-22(24)29(2)3/h4-5,12-14,22,24,28H,6-11,15,27H2,1-3H3/t22-,24-/m0/s1. The molecule has 0 fully saturated rings. The fourth-order valence-electron chi connectivity index (χ4n) is 4.01. The molecule has 0 heterocycles. The van der Waals surface area contributed by atoms with Gasteiger partial charge in [-0.2, -0.15) is 0 Å². The van der Waals surface area contributed by atoms with Crippen LogP contribution in [-0.2, 0) is 25.9 Å². The number of nitrogens with zero attached hydrogens (tertiary/aromatic N) is 1. The molecule has 35 heavy (non-hydrogen) atoms. The van der Waals surface area contributed by atoms with Gasteiger partial charge in [0.1, 0.15) is 11.9 Å². The van der Waals surface area contributed by atoms with Gasteiger partial charge in [0.2, 0.25) is 10.0 Å². The van der Waals surface area contributed by atoms with E-state index in [4.69, 9.17) is 43.1 Å².